The lowest BCUT2D eigenvalue weighted by Crippen LogP contribution is -2.30. The van der Waals surface area contributed by atoms with Gasteiger partial charge in [0.15, 0.2) is 0 Å². The molecule has 2 aromatic rings. The lowest BCUT2D eigenvalue weighted by atomic mass is 10.3. The van der Waals surface area contributed by atoms with Gasteiger partial charge in [0, 0.05) is 23.8 Å². The third-order valence-corrected chi connectivity index (χ3v) is 3.34. The molecule has 1 aliphatic heterocycles. The highest BCUT2D eigenvalue weighted by atomic mass is 35.5. The van der Waals surface area contributed by atoms with Crippen molar-refractivity contribution < 1.29 is 13.2 Å². The van der Waals surface area contributed by atoms with Crippen LogP contribution in [0.1, 0.15) is 5.69 Å². The average molecular weight is 317 g/mol. The highest BCUT2D eigenvalue weighted by Gasteiger charge is 2.39. The Bertz CT molecular complexity index is 759. The molecule has 1 aromatic heterocycles. The zero-order valence-corrected chi connectivity index (χ0v) is 11.2. The van der Waals surface area contributed by atoms with E-state index in [-0.39, 0.29) is 12.5 Å². The van der Waals surface area contributed by atoms with Crippen LogP contribution < -0.4 is 10.5 Å². The first-order chi connectivity index (χ1) is 9.88. The maximum absolute atomic E-state index is 12.6. The molecule has 1 aliphatic rings. The van der Waals surface area contributed by atoms with Gasteiger partial charge >= 0.3 is 6.18 Å². The Morgan fingerprint density at radius 1 is 1.19 bits per heavy atom. The molecule has 0 unspecified atom stereocenters. The molecule has 21 heavy (non-hydrogen) atoms. The molecule has 0 saturated carbocycles. The molecular formula is C12H8ClF3N4O. The zero-order valence-electron chi connectivity index (χ0n) is 10.4. The van der Waals surface area contributed by atoms with Crippen molar-refractivity contribution in [3.05, 3.63) is 45.3 Å². The number of aromatic nitrogens is 3. The summed E-state index contributed by atoms with van der Waals surface area (Å²) in [5.74, 6) is 0.0790. The van der Waals surface area contributed by atoms with Crippen LogP contribution in [0.4, 0.5) is 24.8 Å². The van der Waals surface area contributed by atoms with Gasteiger partial charge in [-0.05, 0) is 18.2 Å². The van der Waals surface area contributed by atoms with Gasteiger partial charge in [-0.1, -0.05) is 17.7 Å². The van der Waals surface area contributed by atoms with Crippen LogP contribution in [0.25, 0.3) is 0 Å². The van der Waals surface area contributed by atoms with E-state index in [0.29, 0.717) is 17.3 Å². The number of anilines is 2. The number of benzene rings is 1. The lowest BCUT2D eigenvalue weighted by Gasteiger charge is -2.17. The van der Waals surface area contributed by atoms with Crippen molar-refractivity contribution >= 4 is 23.2 Å². The first kappa shape index (κ1) is 13.9. The fraction of sp³-hybridized carbons (Fsp3) is 0.250. The van der Waals surface area contributed by atoms with Crippen molar-refractivity contribution in [1.82, 2.24) is 14.8 Å². The summed E-state index contributed by atoms with van der Waals surface area (Å²) >= 11 is 5.89. The highest BCUT2D eigenvalue weighted by Crippen LogP contribution is 2.30. The topological polar surface area (TPSA) is 51.0 Å². The predicted molar refractivity (Wildman–Crippen MR) is 69.8 cm³/mol. The van der Waals surface area contributed by atoms with E-state index in [1.54, 1.807) is 29.2 Å². The Morgan fingerprint density at radius 3 is 2.62 bits per heavy atom. The molecule has 110 valence electrons. The van der Waals surface area contributed by atoms with E-state index < -0.39 is 17.4 Å². The number of halogens is 4. The van der Waals surface area contributed by atoms with Gasteiger partial charge in [0.05, 0.1) is 0 Å². The third kappa shape index (κ3) is 2.35. The second kappa shape index (κ2) is 4.73. The van der Waals surface area contributed by atoms with Crippen LogP contribution in [0.2, 0.25) is 5.02 Å². The molecular weight excluding hydrogens is 309 g/mol. The van der Waals surface area contributed by atoms with Gasteiger partial charge in [0.1, 0.15) is 0 Å². The highest BCUT2D eigenvalue weighted by molar-refractivity contribution is 6.30. The number of nitrogens with zero attached hydrogens (tertiary/aromatic N) is 4. The van der Waals surface area contributed by atoms with Gasteiger partial charge in [0.25, 0.3) is 5.56 Å². The Morgan fingerprint density at radius 2 is 1.95 bits per heavy atom. The van der Waals surface area contributed by atoms with Crippen LogP contribution in [0, 0.1) is 0 Å². The maximum Gasteiger partial charge on any atom is 0.440 e. The van der Waals surface area contributed by atoms with E-state index in [0.717, 1.165) is 4.57 Å². The molecule has 0 amide bonds. The van der Waals surface area contributed by atoms with E-state index in [9.17, 15) is 18.0 Å². The quantitative estimate of drug-likeness (QED) is 0.811. The second-order valence-electron chi connectivity index (χ2n) is 4.43. The Hall–Kier alpha value is -2.09. The van der Waals surface area contributed by atoms with Crippen LogP contribution >= 0.6 is 11.6 Å². The van der Waals surface area contributed by atoms with Crippen molar-refractivity contribution in [1.29, 1.82) is 0 Å². The van der Waals surface area contributed by atoms with Crippen LogP contribution in [0.3, 0.4) is 0 Å². The second-order valence-corrected chi connectivity index (χ2v) is 4.87. The van der Waals surface area contributed by atoms with E-state index in [4.69, 9.17) is 11.6 Å². The van der Waals surface area contributed by atoms with E-state index in [1.165, 1.54) is 0 Å². The van der Waals surface area contributed by atoms with Crippen molar-refractivity contribution in [2.75, 3.05) is 11.4 Å². The fourth-order valence-electron chi connectivity index (χ4n) is 2.18. The standard InChI is InChI=1S/C12H8ClF3N4O/c13-7-2-1-3-8(6-7)19-4-5-20-10(21)9(12(14,15)16)17-18-11(19)20/h1-3,6H,4-5H2. The maximum atomic E-state index is 12.6. The van der Waals surface area contributed by atoms with Crippen molar-refractivity contribution in [2.24, 2.45) is 0 Å². The molecule has 0 radical (unpaired) electrons. The molecule has 0 spiro atoms. The lowest BCUT2D eigenvalue weighted by molar-refractivity contribution is -0.143. The van der Waals surface area contributed by atoms with Gasteiger partial charge in [-0.3, -0.25) is 9.36 Å². The molecule has 2 heterocycles. The largest absolute Gasteiger partial charge is 0.440 e. The molecule has 0 N–H and O–H groups in total. The molecule has 0 fully saturated rings. The van der Waals surface area contributed by atoms with E-state index >= 15 is 0 Å². The summed E-state index contributed by atoms with van der Waals surface area (Å²) in [5, 5.41) is 7.07. The number of hydrogen-bond donors (Lipinski definition) is 0. The fourth-order valence-corrected chi connectivity index (χ4v) is 2.36. The summed E-state index contributed by atoms with van der Waals surface area (Å²) in [6, 6.07) is 6.75. The summed E-state index contributed by atoms with van der Waals surface area (Å²) < 4.78 is 38.9. The van der Waals surface area contributed by atoms with Gasteiger partial charge < -0.3 is 4.90 Å². The summed E-state index contributed by atoms with van der Waals surface area (Å²) in [4.78, 5) is 13.4. The Labute approximate surface area is 121 Å². The van der Waals surface area contributed by atoms with Gasteiger partial charge in [-0.25, -0.2) is 0 Å². The van der Waals surface area contributed by atoms with Crippen molar-refractivity contribution in [3.63, 3.8) is 0 Å². The number of hydrogen-bond acceptors (Lipinski definition) is 4. The number of alkyl halides is 3. The molecule has 0 saturated heterocycles. The van der Waals surface area contributed by atoms with Gasteiger partial charge in [0.2, 0.25) is 11.6 Å². The number of fused-ring (bicyclic) bond motifs is 1. The molecule has 9 heteroatoms. The molecule has 3 rings (SSSR count). The summed E-state index contributed by atoms with van der Waals surface area (Å²) in [6.45, 7) is 0.435. The van der Waals surface area contributed by atoms with E-state index in [1.807, 2.05) is 0 Å². The van der Waals surface area contributed by atoms with Crippen LogP contribution in [0.5, 0.6) is 0 Å². The van der Waals surface area contributed by atoms with Crippen LogP contribution in [0.15, 0.2) is 29.1 Å². The molecule has 1 aromatic carbocycles. The summed E-state index contributed by atoms with van der Waals surface area (Å²) in [6.07, 6.45) is -4.81. The minimum absolute atomic E-state index is 0.0790. The normalized spacial score (nSPS) is 14.4. The zero-order chi connectivity index (χ0) is 15.2. The van der Waals surface area contributed by atoms with Crippen LogP contribution in [-0.2, 0) is 12.7 Å². The Balaban J connectivity index is 2.09. The third-order valence-electron chi connectivity index (χ3n) is 3.11. The Kier molecular flexibility index (Phi) is 3.12. The molecule has 5 nitrogen and oxygen atoms in total. The molecule has 0 atom stereocenters. The SMILES string of the molecule is O=c1c(C(F)(F)F)nnc2n1CCN2c1cccc(Cl)c1. The first-order valence-corrected chi connectivity index (χ1v) is 6.33. The smallest absolute Gasteiger partial charge is 0.309 e. The van der Waals surface area contributed by atoms with Crippen LogP contribution in [-0.4, -0.2) is 21.3 Å². The summed E-state index contributed by atoms with van der Waals surface area (Å²) in [5.41, 5.74) is -2.04. The van der Waals surface area contributed by atoms with Crippen molar-refractivity contribution in [3.8, 4) is 0 Å². The average Bonchev–Trinajstić information content (AvgIpc) is 2.82. The van der Waals surface area contributed by atoms with Gasteiger partial charge in [-0.15, -0.1) is 10.2 Å². The van der Waals surface area contributed by atoms with Crippen molar-refractivity contribution in [2.45, 2.75) is 12.7 Å². The van der Waals surface area contributed by atoms with Gasteiger partial charge in [-0.2, -0.15) is 13.2 Å². The monoisotopic (exact) mass is 316 g/mol. The summed E-state index contributed by atoms with van der Waals surface area (Å²) in [7, 11) is 0. The number of rotatable bonds is 1. The first-order valence-electron chi connectivity index (χ1n) is 5.96. The minimum atomic E-state index is -4.81. The predicted octanol–water partition coefficient (Wildman–Crippen LogP) is 2.46. The molecule has 0 bridgehead atoms. The van der Waals surface area contributed by atoms with E-state index in [2.05, 4.69) is 10.2 Å². The molecule has 0 aliphatic carbocycles. The minimum Gasteiger partial charge on any atom is -0.309 e.